The molecule has 2 aromatic heterocycles. The second-order valence-electron chi connectivity index (χ2n) is 7.47. The Bertz CT molecular complexity index is 946. The first-order valence-electron chi connectivity index (χ1n) is 9.23. The van der Waals surface area contributed by atoms with E-state index >= 15 is 0 Å². The van der Waals surface area contributed by atoms with E-state index in [9.17, 15) is 4.79 Å². The Labute approximate surface area is 152 Å². The molecule has 2 fully saturated rings. The highest BCUT2D eigenvalue weighted by atomic mass is 16.2. The number of likely N-dealkylation sites (tertiary alicyclic amines) is 1. The van der Waals surface area contributed by atoms with Crippen LogP contribution in [-0.2, 0) is 0 Å². The number of carbonyl (C=O) groups excluding carboxylic acids is 1. The molecule has 1 aromatic carbocycles. The van der Waals surface area contributed by atoms with Crippen molar-refractivity contribution < 1.29 is 4.79 Å². The minimum absolute atomic E-state index is 0.0747. The van der Waals surface area contributed by atoms with E-state index in [1.54, 1.807) is 6.20 Å². The van der Waals surface area contributed by atoms with Crippen LogP contribution in [0.4, 0.5) is 0 Å². The zero-order valence-corrected chi connectivity index (χ0v) is 14.8. The fourth-order valence-electron chi connectivity index (χ4n) is 4.67. The van der Waals surface area contributed by atoms with Gasteiger partial charge in [0.25, 0.3) is 5.91 Å². The molecule has 2 aliphatic heterocycles. The summed E-state index contributed by atoms with van der Waals surface area (Å²) in [6, 6.07) is 14.4. The molecule has 2 N–H and O–H groups in total. The third-order valence-corrected chi connectivity index (χ3v) is 5.95. The standard InChI is InChI=1S/C21H22N4O/c1-13-5-2-3-7-16(13)19-17-11-22-10-15(17)12-25(19)21(26)18-9-14-6-4-8-23-20(14)24-18/h2-9,15,17,19,22H,10-12H2,1H3,(H,23,24)/t15-,17-,19-/m0/s1. The van der Waals surface area contributed by atoms with Crippen molar-refractivity contribution in [2.75, 3.05) is 19.6 Å². The van der Waals surface area contributed by atoms with Crippen LogP contribution in [0.15, 0.2) is 48.7 Å². The van der Waals surface area contributed by atoms with Crippen molar-refractivity contribution in [2.24, 2.45) is 11.8 Å². The summed E-state index contributed by atoms with van der Waals surface area (Å²) in [7, 11) is 0. The number of rotatable bonds is 2. The number of hydrogen-bond acceptors (Lipinski definition) is 3. The molecule has 5 rings (SSSR count). The lowest BCUT2D eigenvalue weighted by Crippen LogP contribution is -2.35. The van der Waals surface area contributed by atoms with E-state index in [4.69, 9.17) is 0 Å². The van der Waals surface area contributed by atoms with Crippen molar-refractivity contribution in [1.29, 1.82) is 0 Å². The number of aryl methyl sites for hydroxylation is 1. The molecule has 1 amide bonds. The van der Waals surface area contributed by atoms with Gasteiger partial charge in [0.1, 0.15) is 11.3 Å². The predicted molar refractivity (Wildman–Crippen MR) is 101 cm³/mol. The van der Waals surface area contributed by atoms with Crippen LogP contribution >= 0.6 is 0 Å². The van der Waals surface area contributed by atoms with Crippen LogP contribution in [0.5, 0.6) is 0 Å². The van der Waals surface area contributed by atoms with Crippen LogP contribution in [0, 0.1) is 18.8 Å². The van der Waals surface area contributed by atoms with Crippen molar-refractivity contribution in [2.45, 2.75) is 13.0 Å². The lowest BCUT2D eigenvalue weighted by Gasteiger charge is -2.29. The average molecular weight is 346 g/mol. The van der Waals surface area contributed by atoms with Gasteiger partial charge in [-0.05, 0) is 42.2 Å². The molecule has 4 heterocycles. The summed E-state index contributed by atoms with van der Waals surface area (Å²) in [4.78, 5) is 23.0. The fraction of sp³-hybridized carbons (Fsp3) is 0.333. The zero-order chi connectivity index (χ0) is 17.7. The highest BCUT2D eigenvalue weighted by Gasteiger charge is 2.47. The van der Waals surface area contributed by atoms with Crippen LogP contribution in [0.2, 0.25) is 0 Å². The maximum atomic E-state index is 13.4. The first-order valence-corrected chi connectivity index (χ1v) is 9.23. The third kappa shape index (κ3) is 2.35. The zero-order valence-electron chi connectivity index (χ0n) is 14.8. The van der Waals surface area contributed by atoms with Crippen molar-refractivity contribution in [3.8, 4) is 0 Å². The number of pyridine rings is 1. The van der Waals surface area contributed by atoms with Crippen LogP contribution in [0.1, 0.15) is 27.7 Å². The third-order valence-electron chi connectivity index (χ3n) is 5.95. The van der Waals surface area contributed by atoms with Gasteiger partial charge in [-0.3, -0.25) is 4.79 Å². The van der Waals surface area contributed by atoms with Crippen molar-refractivity contribution in [1.82, 2.24) is 20.2 Å². The quantitative estimate of drug-likeness (QED) is 0.750. The molecule has 0 spiro atoms. The van der Waals surface area contributed by atoms with Gasteiger partial charge in [0, 0.05) is 37.1 Å². The first-order chi connectivity index (χ1) is 12.7. The van der Waals surface area contributed by atoms with Gasteiger partial charge in [0.2, 0.25) is 0 Å². The summed E-state index contributed by atoms with van der Waals surface area (Å²) in [6.45, 7) is 4.91. The summed E-state index contributed by atoms with van der Waals surface area (Å²) >= 11 is 0. The van der Waals surface area contributed by atoms with E-state index in [1.807, 2.05) is 18.2 Å². The summed E-state index contributed by atoms with van der Waals surface area (Å²) < 4.78 is 0. The largest absolute Gasteiger partial charge is 0.335 e. The lowest BCUT2D eigenvalue weighted by atomic mass is 9.87. The monoisotopic (exact) mass is 346 g/mol. The second kappa shape index (κ2) is 5.95. The SMILES string of the molecule is Cc1ccccc1[C@H]1[C@H]2CNC[C@H]2CN1C(=O)c1cc2cccnc2[nH]1. The maximum Gasteiger partial charge on any atom is 0.270 e. The Kier molecular flexibility index (Phi) is 3.57. The predicted octanol–water partition coefficient (Wildman–Crippen LogP) is 2.90. The number of H-pyrrole nitrogens is 1. The molecule has 0 aliphatic carbocycles. The molecule has 2 saturated heterocycles. The number of aromatic amines is 1. The number of benzene rings is 1. The Hall–Kier alpha value is -2.66. The lowest BCUT2D eigenvalue weighted by molar-refractivity contribution is 0.0708. The summed E-state index contributed by atoms with van der Waals surface area (Å²) in [6.07, 6.45) is 1.75. The van der Waals surface area contributed by atoms with Crippen LogP contribution in [0.3, 0.4) is 0 Å². The Morgan fingerprint density at radius 3 is 2.92 bits per heavy atom. The van der Waals surface area contributed by atoms with E-state index in [-0.39, 0.29) is 11.9 Å². The first kappa shape index (κ1) is 15.6. The molecule has 5 nitrogen and oxygen atoms in total. The van der Waals surface area contributed by atoms with Gasteiger partial charge in [-0.25, -0.2) is 4.98 Å². The molecule has 2 aliphatic rings. The van der Waals surface area contributed by atoms with Gasteiger partial charge < -0.3 is 15.2 Å². The van der Waals surface area contributed by atoms with Gasteiger partial charge in [-0.15, -0.1) is 0 Å². The number of aromatic nitrogens is 2. The Balaban J connectivity index is 1.55. The smallest absolute Gasteiger partial charge is 0.270 e. The number of fused-ring (bicyclic) bond motifs is 2. The summed E-state index contributed by atoms with van der Waals surface area (Å²) in [5.41, 5.74) is 3.92. The summed E-state index contributed by atoms with van der Waals surface area (Å²) in [5.74, 6) is 1.07. The van der Waals surface area contributed by atoms with E-state index in [0.717, 1.165) is 30.7 Å². The number of amides is 1. The molecular formula is C21H22N4O. The van der Waals surface area contributed by atoms with Crippen molar-refractivity contribution >= 4 is 16.9 Å². The highest BCUT2D eigenvalue weighted by Crippen LogP contribution is 2.44. The van der Waals surface area contributed by atoms with Crippen LogP contribution in [-0.4, -0.2) is 40.4 Å². The van der Waals surface area contributed by atoms with Crippen molar-refractivity contribution in [3.63, 3.8) is 0 Å². The number of nitrogens with zero attached hydrogens (tertiary/aromatic N) is 2. The minimum Gasteiger partial charge on any atom is -0.335 e. The number of carbonyl (C=O) groups is 1. The molecule has 3 atom stereocenters. The van der Waals surface area contributed by atoms with E-state index < -0.39 is 0 Å². The Morgan fingerprint density at radius 1 is 1.19 bits per heavy atom. The molecule has 3 aromatic rings. The van der Waals surface area contributed by atoms with E-state index in [0.29, 0.717) is 17.5 Å². The van der Waals surface area contributed by atoms with Gasteiger partial charge in [0.05, 0.1) is 6.04 Å². The molecule has 26 heavy (non-hydrogen) atoms. The average Bonchev–Trinajstić information content (AvgIpc) is 3.35. The minimum atomic E-state index is 0.0747. The Morgan fingerprint density at radius 2 is 2.08 bits per heavy atom. The number of hydrogen-bond donors (Lipinski definition) is 2. The van der Waals surface area contributed by atoms with Gasteiger partial charge in [-0.1, -0.05) is 24.3 Å². The van der Waals surface area contributed by atoms with Gasteiger partial charge >= 0.3 is 0 Å². The molecule has 0 bridgehead atoms. The van der Waals surface area contributed by atoms with Crippen LogP contribution < -0.4 is 5.32 Å². The maximum absolute atomic E-state index is 13.4. The van der Waals surface area contributed by atoms with Crippen LogP contribution in [0.25, 0.3) is 11.0 Å². The normalized spacial score (nSPS) is 25.0. The summed E-state index contributed by atoms with van der Waals surface area (Å²) in [5, 5.41) is 4.48. The topological polar surface area (TPSA) is 61.0 Å². The molecule has 132 valence electrons. The molecule has 0 saturated carbocycles. The second-order valence-corrected chi connectivity index (χ2v) is 7.47. The molecule has 0 unspecified atom stereocenters. The number of nitrogens with one attached hydrogen (secondary N) is 2. The molecular weight excluding hydrogens is 324 g/mol. The molecule has 5 heteroatoms. The van der Waals surface area contributed by atoms with E-state index in [2.05, 4.69) is 51.4 Å². The van der Waals surface area contributed by atoms with Gasteiger partial charge in [-0.2, -0.15) is 0 Å². The van der Waals surface area contributed by atoms with Crippen molar-refractivity contribution in [3.05, 3.63) is 65.5 Å². The van der Waals surface area contributed by atoms with E-state index in [1.165, 1.54) is 11.1 Å². The van der Waals surface area contributed by atoms with Gasteiger partial charge in [0.15, 0.2) is 0 Å². The molecule has 0 radical (unpaired) electrons. The highest BCUT2D eigenvalue weighted by molar-refractivity contribution is 5.97. The fourth-order valence-corrected chi connectivity index (χ4v) is 4.67.